The molecule has 78 valence electrons. The monoisotopic (exact) mass is 195 g/mol. The Balaban J connectivity index is 3.09. The lowest BCUT2D eigenvalue weighted by Gasteiger charge is -2.30. The molecule has 2 atom stereocenters. The molecule has 1 aromatic rings. The maximum absolute atomic E-state index is 10.2. The predicted octanol–water partition coefficient (Wildman–Crippen LogP) is 1.19. The van der Waals surface area contributed by atoms with Crippen molar-refractivity contribution < 1.29 is 10.2 Å². The van der Waals surface area contributed by atoms with Gasteiger partial charge in [0, 0.05) is 11.5 Å². The van der Waals surface area contributed by atoms with E-state index in [0.29, 0.717) is 12.1 Å². The molecule has 0 saturated heterocycles. The van der Waals surface area contributed by atoms with Crippen LogP contribution in [0.1, 0.15) is 19.4 Å². The predicted molar refractivity (Wildman–Crippen MR) is 55.9 cm³/mol. The molecule has 0 radical (unpaired) electrons. The van der Waals surface area contributed by atoms with Crippen molar-refractivity contribution >= 4 is 0 Å². The van der Waals surface area contributed by atoms with Gasteiger partial charge in [0.25, 0.3) is 0 Å². The summed E-state index contributed by atoms with van der Waals surface area (Å²) in [4.78, 5) is 0. The van der Waals surface area contributed by atoms with Crippen molar-refractivity contribution in [2.75, 3.05) is 6.54 Å². The number of benzene rings is 1. The second-order valence-corrected chi connectivity index (χ2v) is 3.80. The van der Waals surface area contributed by atoms with E-state index in [1.165, 1.54) is 0 Å². The molecule has 0 bridgehead atoms. The zero-order valence-corrected chi connectivity index (χ0v) is 8.57. The first kappa shape index (κ1) is 11.0. The van der Waals surface area contributed by atoms with E-state index in [9.17, 15) is 10.2 Å². The number of hydrogen-bond acceptors (Lipinski definition) is 3. The van der Waals surface area contributed by atoms with Gasteiger partial charge in [0.1, 0.15) is 5.75 Å². The Kier molecular flexibility index (Phi) is 3.13. The van der Waals surface area contributed by atoms with Crippen LogP contribution in [0.3, 0.4) is 0 Å². The highest BCUT2D eigenvalue weighted by Crippen LogP contribution is 2.34. The fourth-order valence-corrected chi connectivity index (χ4v) is 1.40. The molecule has 3 heteroatoms. The van der Waals surface area contributed by atoms with Crippen molar-refractivity contribution in [3.05, 3.63) is 29.8 Å². The smallest absolute Gasteiger partial charge is 0.121 e. The Morgan fingerprint density at radius 2 is 2.00 bits per heavy atom. The van der Waals surface area contributed by atoms with Gasteiger partial charge < -0.3 is 15.9 Å². The molecule has 0 aliphatic heterocycles. The van der Waals surface area contributed by atoms with Crippen LogP contribution in [0.2, 0.25) is 0 Å². The van der Waals surface area contributed by atoms with Crippen molar-refractivity contribution in [1.82, 2.24) is 0 Å². The lowest BCUT2D eigenvalue weighted by molar-refractivity contribution is 0.00322. The Hall–Kier alpha value is -1.06. The molecule has 0 aromatic heterocycles. The summed E-state index contributed by atoms with van der Waals surface area (Å²) in [7, 11) is 0. The van der Waals surface area contributed by atoms with Crippen LogP contribution in [0.5, 0.6) is 5.75 Å². The fourth-order valence-electron chi connectivity index (χ4n) is 1.40. The molecule has 0 heterocycles. The SMILES string of the molecule is CC(CN)C(C)(O)c1ccccc1O. The first-order valence-corrected chi connectivity index (χ1v) is 4.71. The highest BCUT2D eigenvalue weighted by Gasteiger charge is 2.31. The number of phenols is 1. The van der Waals surface area contributed by atoms with Gasteiger partial charge in [-0.25, -0.2) is 0 Å². The summed E-state index contributed by atoms with van der Waals surface area (Å²) >= 11 is 0. The van der Waals surface area contributed by atoms with E-state index < -0.39 is 5.60 Å². The molecule has 1 rings (SSSR count). The molecular weight excluding hydrogens is 178 g/mol. The number of aliphatic hydroxyl groups is 1. The van der Waals surface area contributed by atoms with Gasteiger partial charge in [-0.3, -0.25) is 0 Å². The summed E-state index contributed by atoms with van der Waals surface area (Å²) in [6.45, 7) is 3.90. The number of nitrogens with two attached hydrogens (primary N) is 1. The first-order chi connectivity index (χ1) is 6.50. The minimum absolute atomic E-state index is 0.101. The number of rotatable bonds is 3. The topological polar surface area (TPSA) is 66.5 Å². The molecule has 14 heavy (non-hydrogen) atoms. The van der Waals surface area contributed by atoms with E-state index in [2.05, 4.69) is 0 Å². The van der Waals surface area contributed by atoms with Crippen LogP contribution >= 0.6 is 0 Å². The molecular formula is C11H17NO2. The van der Waals surface area contributed by atoms with E-state index in [1.54, 1.807) is 31.2 Å². The molecule has 0 amide bonds. The van der Waals surface area contributed by atoms with Gasteiger partial charge >= 0.3 is 0 Å². The van der Waals surface area contributed by atoms with Gasteiger partial charge in [-0.2, -0.15) is 0 Å². The quantitative estimate of drug-likeness (QED) is 0.678. The summed E-state index contributed by atoms with van der Waals surface area (Å²) in [6, 6.07) is 6.78. The van der Waals surface area contributed by atoms with Crippen LogP contribution in [0, 0.1) is 5.92 Å². The van der Waals surface area contributed by atoms with Gasteiger partial charge in [0.2, 0.25) is 0 Å². The van der Waals surface area contributed by atoms with Crippen molar-refractivity contribution in [2.24, 2.45) is 11.7 Å². The third-order valence-corrected chi connectivity index (χ3v) is 2.76. The maximum atomic E-state index is 10.2. The summed E-state index contributed by atoms with van der Waals surface area (Å²) in [6.07, 6.45) is 0. The summed E-state index contributed by atoms with van der Waals surface area (Å²) < 4.78 is 0. The Morgan fingerprint density at radius 3 is 2.50 bits per heavy atom. The van der Waals surface area contributed by atoms with Crippen molar-refractivity contribution in [3.8, 4) is 5.75 Å². The van der Waals surface area contributed by atoms with Gasteiger partial charge in [-0.05, 0) is 19.5 Å². The summed E-state index contributed by atoms with van der Waals surface area (Å²) in [5, 5.41) is 19.8. The van der Waals surface area contributed by atoms with Crippen LogP contribution in [-0.4, -0.2) is 16.8 Å². The Bertz CT molecular complexity index is 310. The van der Waals surface area contributed by atoms with Crippen molar-refractivity contribution in [1.29, 1.82) is 0 Å². The largest absolute Gasteiger partial charge is 0.508 e. The highest BCUT2D eigenvalue weighted by atomic mass is 16.3. The molecule has 0 fully saturated rings. The lowest BCUT2D eigenvalue weighted by Crippen LogP contribution is -2.34. The first-order valence-electron chi connectivity index (χ1n) is 4.71. The zero-order valence-electron chi connectivity index (χ0n) is 8.57. The minimum Gasteiger partial charge on any atom is -0.508 e. The molecule has 1 aromatic carbocycles. The molecule has 0 aliphatic carbocycles. The van der Waals surface area contributed by atoms with Crippen LogP contribution in [0.15, 0.2) is 24.3 Å². The summed E-state index contributed by atoms with van der Waals surface area (Å²) in [5.41, 5.74) is 4.95. The molecule has 3 nitrogen and oxygen atoms in total. The number of phenolic OH excluding ortho intramolecular Hbond substituents is 1. The lowest BCUT2D eigenvalue weighted by atomic mass is 9.83. The van der Waals surface area contributed by atoms with E-state index in [4.69, 9.17) is 5.73 Å². The second-order valence-electron chi connectivity index (χ2n) is 3.80. The van der Waals surface area contributed by atoms with E-state index in [-0.39, 0.29) is 11.7 Å². The van der Waals surface area contributed by atoms with Crippen LogP contribution in [-0.2, 0) is 5.60 Å². The molecule has 0 aliphatic rings. The van der Waals surface area contributed by atoms with Gasteiger partial charge in [0.15, 0.2) is 0 Å². The van der Waals surface area contributed by atoms with E-state index in [1.807, 2.05) is 6.92 Å². The molecule has 4 N–H and O–H groups in total. The van der Waals surface area contributed by atoms with Crippen LogP contribution < -0.4 is 5.73 Å². The average molecular weight is 195 g/mol. The normalized spacial score (nSPS) is 17.4. The fraction of sp³-hybridized carbons (Fsp3) is 0.455. The zero-order chi connectivity index (χ0) is 10.8. The number of aromatic hydroxyl groups is 1. The summed E-state index contributed by atoms with van der Waals surface area (Å²) in [5.74, 6) is 0.00796. The minimum atomic E-state index is -1.08. The number of hydrogen-bond donors (Lipinski definition) is 3. The third kappa shape index (κ3) is 1.89. The highest BCUT2D eigenvalue weighted by molar-refractivity contribution is 5.36. The Labute approximate surface area is 84.2 Å². The van der Waals surface area contributed by atoms with E-state index >= 15 is 0 Å². The van der Waals surface area contributed by atoms with Crippen LogP contribution in [0.25, 0.3) is 0 Å². The van der Waals surface area contributed by atoms with Crippen molar-refractivity contribution in [3.63, 3.8) is 0 Å². The van der Waals surface area contributed by atoms with E-state index in [0.717, 1.165) is 0 Å². The Morgan fingerprint density at radius 1 is 1.43 bits per heavy atom. The van der Waals surface area contributed by atoms with Gasteiger partial charge in [0.05, 0.1) is 5.60 Å². The molecule has 2 unspecified atom stereocenters. The standard InChI is InChI=1S/C11H17NO2/c1-8(7-12)11(2,14)9-5-3-4-6-10(9)13/h3-6,8,13-14H,7,12H2,1-2H3. The molecule has 0 saturated carbocycles. The number of para-hydroxylation sites is 1. The molecule has 0 spiro atoms. The second kappa shape index (κ2) is 3.98. The van der Waals surface area contributed by atoms with Gasteiger partial charge in [-0.1, -0.05) is 25.1 Å². The van der Waals surface area contributed by atoms with Gasteiger partial charge in [-0.15, -0.1) is 0 Å². The maximum Gasteiger partial charge on any atom is 0.121 e. The average Bonchev–Trinajstić information content (AvgIpc) is 2.17. The van der Waals surface area contributed by atoms with Crippen LogP contribution in [0.4, 0.5) is 0 Å². The van der Waals surface area contributed by atoms with Crippen molar-refractivity contribution in [2.45, 2.75) is 19.4 Å². The third-order valence-electron chi connectivity index (χ3n) is 2.76.